The molecule has 0 aliphatic heterocycles. The van der Waals surface area contributed by atoms with Crippen LogP contribution in [-0.2, 0) is 0 Å². The monoisotopic (exact) mass is 247 g/mol. The van der Waals surface area contributed by atoms with Crippen molar-refractivity contribution in [1.82, 2.24) is 4.98 Å². The fourth-order valence-corrected chi connectivity index (χ4v) is 1.26. The Bertz CT molecular complexity index is 581. The standard InChI is InChI=1S/C10H9N5O3/c1-7-8(4-3-5-13-14-11)6-12-10(18-2)9(7)15(16)17/h6H,5H2,1-2H3. The zero-order valence-corrected chi connectivity index (χ0v) is 9.75. The van der Waals surface area contributed by atoms with Gasteiger partial charge in [0.25, 0.3) is 5.88 Å². The van der Waals surface area contributed by atoms with Crippen LogP contribution in [0.3, 0.4) is 0 Å². The first-order valence-corrected chi connectivity index (χ1v) is 4.79. The zero-order valence-electron chi connectivity index (χ0n) is 9.75. The number of hydrogen-bond donors (Lipinski definition) is 0. The molecular formula is C10H9N5O3. The number of methoxy groups -OCH3 is 1. The fourth-order valence-electron chi connectivity index (χ4n) is 1.26. The Hall–Kier alpha value is -2.78. The molecule has 0 saturated heterocycles. The lowest BCUT2D eigenvalue weighted by molar-refractivity contribution is -0.386. The van der Waals surface area contributed by atoms with Gasteiger partial charge in [0.15, 0.2) is 0 Å². The summed E-state index contributed by atoms with van der Waals surface area (Å²) in [6, 6.07) is 0. The molecule has 0 spiro atoms. The third-order valence-electron chi connectivity index (χ3n) is 2.08. The van der Waals surface area contributed by atoms with Crippen LogP contribution in [0.2, 0.25) is 0 Å². The molecule has 1 aromatic rings. The second-order valence-electron chi connectivity index (χ2n) is 3.10. The lowest BCUT2D eigenvalue weighted by Gasteiger charge is -2.04. The normalized spacial score (nSPS) is 8.78. The van der Waals surface area contributed by atoms with Gasteiger partial charge in [0.05, 0.1) is 24.1 Å². The maximum Gasteiger partial charge on any atom is 0.335 e. The van der Waals surface area contributed by atoms with Gasteiger partial charge >= 0.3 is 5.69 Å². The molecule has 0 amide bonds. The average Bonchev–Trinajstić information content (AvgIpc) is 2.35. The van der Waals surface area contributed by atoms with Crippen molar-refractivity contribution >= 4 is 5.69 Å². The van der Waals surface area contributed by atoms with Crippen LogP contribution in [0.4, 0.5) is 5.69 Å². The second-order valence-corrected chi connectivity index (χ2v) is 3.10. The van der Waals surface area contributed by atoms with Gasteiger partial charge in [-0.2, -0.15) is 0 Å². The lowest BCUT2D eigenvalue weighted by Crippen LogP contribution is -2.00. The molecule has 1 rings (SSSR count). The predicted molar refractivity (Wildman–Crippen MR) is 63.1 cm³/mol. The number of azide groups is 1. The van der Waals surface area contributed by atoms with Crippen LogP contribution in [-0.4, -0.2) is 23.6 Å². The Labute approximate surface area is 102 Å². The fraction of sp³-hybridized carbons (Fsp3) is 0.300. The van der Waals surface area contributed by atoms with Crippen LogP contribution in [0, 0.1) is 28.9 Å². The van der Waals surface area contributed by atoms with Gasteiger partial charge in [-0.15, -0.1) is 0 Å². The van der Waals surface area contributed by atoms with E-state index in [-0.39, 0.29) is 18.1 Å². The minimum atomic E-state index is -0.570. The molecule has 8 nitrogen and oxygen atoms in total. The van der Waals surface area contributed by atoms with Crippen molar-refractivity contribution in [3.05, 3.63) is 37.9 Å². The van der Waals surface area contributed by atoms with Gasteiger partial charge in [-0.3, -0.25) is 10.1 Å². The lowest BCUT2D eigenvalue weighted by atomic mass is 10.1. The second kappa shape index (κ2) is 6.08. The van der Waals surface area contributed by atoms with E-state index in [9.17, 15) is 10.1 Å². The van der Waals surface area contributed by atoms with E-state index in [4.69, 9.17) is 10.3 Å². The van der Waals surface area contributed by atoms with E-state index in [0.717, 1.165) is 0 Å². The van der Waals surface area contributed by atoms with Gasteiger partial charge in [-0.25, -0.2) is 4.98 Å². The number of rotatable bonds is 3. The molecular weight excluding hydrogens is 238 g/mol. The van der Waals surface area contributed by atoms with Crippen LogP contribution in [0.1, 0.15) is 11.1 Å². The summed E-state index contributed by atoms with van der Waals surface area (Å²) in [6.07, 6.45) is 1.38. The molecule has 0 unspecified atom stereocenters. The first-order chi connectivity index (χ1) is 8.61. The van der Waals surface area contributed by atoms with Crippen molar-refractivity contribution in [3.8, 4) is 17.7 Å². The van der Waals surface area contributed by atoms with E-state index >= 15 is 0 Å². The van der Waals surface area contributed by atoms with Crippen molar-refractivity contribution in [2.75, 3.05) is 13.7 Å². The molecule has 0 aliphatic rings. The molecule has 0 N–H and O–H groups in total. The highest BCUT2D eigenvalue weighted by Crippen LogP contribution is 2.29. The topological polar surface area (TPSA) is 114 Å². The Kier molecular flexibility index (Phi) is 4.49. The van der Waals surface area contributed by atoms with Gasteiger partial charge in [0.1, 0.15) is 0 Å². The van der Waals surface area contributed by atoms with Gasteiger partial charge < -0.3 is 4.74 Å². The molecule has 0 saturated carbocycles. The van der Waals surface area contributed by atoms with Crippen LogP contribution in [0.5, 0.6) is 5.88 Å². The number of nitro groups is 1. The highest BCUT2D eigenvalue weighted by atomic mass is 16.6. The summed E-state index contributed by atoms with van der Waals surface area (Å²) in [5, 5.41) is 14.1. The Morgan fingerprint density at radius 2 is 2.44 bits per heavy atom. The smallest absolute Gasteiger partial charge is 0.335 e. The SMILES string of the molecule is COc1ncc(C#CCN=[N+]=[N-])c(C)c1[N+](=O)[O-]. The van der Waals surface area contributed by atoms with Crippen LogP contribution < -0.4 is 4.74 Å². The maximum absolute atomic E-state index is 10.9. The Morgan fingerprint density at radius 3 is 3.00 bits per heavy atom. The third-order valence-corrected chi connectivity index (χ3v) is 2.08. The van der Waals surface area contributed by atoms with E-state index in [0.29, 0.717) is 11.1 Å². The minimum Gasteiger partial charge on any atom is -0.476 e. The first-order valence-electron chi connectivity index (χ1n) is 4.79. The molecule has 0 atom stereocenters. The average molecular weight is 247 g/mol. The molecule has 8 heteroatoms. The zero-order chi connectivity index (χ0) is 13.5. The molecule has 92 valence electrons. The van der Waals surface area contributed by atoms with Crippen LogP contribution in [0.25, 0.3) is 10.4 Å². The number of pyridine rings is 1. The summed E-state index contributed by atoms with van der Waals surface area (Å²) >= 11 is 0. The number of ether oxygens (including phenoxy) is 1. The van der Waals surface area contributed by atoms with Gasteiger partial charge in [-0.1, -0.05) is 17.0 Å². The molecule has 0 fully saturated rings. The van der Waals surface area contributed by atoms with Gasteiger partial charge in [0.2, 0.25) is 0 Å². The van der Waals surface area contributed by atoms with E-state index in [1.807, 2.05) is 0 Å². The quantitative estimate of drug-likeness (QED) is 0.203. The molecule has 0 bridgehead atoms. The van der Waals surface area contributed by atoms with Gasteiger partial charge in [0, 0.05) is 16.7 Å². The minimum absolute atomic E-state index is 0.00420. The summed E-state index contributed by atoms with van der Waals surface area (Å²) in [5.41, 5.74) is 8.62. The highest BCUT2D eigenvalue weighted by Gasteiger charge is 2.21. The molecule has 0 aromatic carbocycles. The van der Waals surface area contributed by atoms with E-state index in [2.05, 4.69) is 26.9 Å². The summed E-state index contributed by atoms with van der Waals surface area (Å²) < 4.78 is 4.82. The number of hydrogen-bond acceptors (Lipinski definition) is 5. The van der Waals surface area contributed by atoms with Crippen molar-refractivity contribution in [2.24, 2.45) is 5.11 Å². The third kappa shape index (κ3) is 2.87. The molecule has 1 aromatic heterocycles. The van der Waals surface area contributed by atoms with Crippen LogP contribution in [0.15, 0.2) is 11.3 Å². The van der Waals surface area contributed by atoms with Crippen molar-refractivity contribution in [2.45, 2.75) is 6.92 Å². The Balaban J connectivity index is 3.22. The van der Waals surface area contributed by atoms with Gasteiger partial charge in [-0.05, 0) is 12.5 Å². The largest absolute Gasteiger partial charge is 0.476 e. The summed E-state index contributed by atoms with van der Waals surface area (Å²) in [4.78, 5) is 16.7. The van der Waals surface area contributed by atoms with Crippen LogP contribution >= 0.6 is 0 Å². The van der Waals surface area contributed by atoms with E-state index < -0.39 is 4.92 Å². The summed E-state index contributed by atoms with van der Waals surface area (Å²) in [7, 11) is 1.31. The van der Waals surface area contributed by atoms with Crippen molar-refractivity contribution < 1.29 is 9.66 Å². The van der Waals surface area contributed by atoms with Crippen molar-refractivity contribution in [3.63, 3.8) is 0 Å². The maximum atomic E-state index is 10.9. The molecule has 0 aliphatic carbocycles. The summed E-state index contributed by atoms with van der Waals surface area (Å²) in [5.74, 6) is 5.17. The molecule has 0 radical (unpaired) electrons. The number of aromatic nitrogens is 1. The molecule has 18 heavy (non-hydrogen) atoms. The van der Waals surface area contributed by atoms with E-state index in [1.54, 1.807) is 6.92 Å². The summed E-state index contributed by atoms with van der Waals surface area (Å²) in [6.45, 7) is 1.55. The van der Waals surface area contributed by atoms with E-state index in [1.165, 1.54) is 13.3 Å². The number of nitrogens with zero attached hydrogens (tertiary/aromatic N) is 5. The van der Waals surface area contributed by atoms with Crippen molar-refractivity contribution in [1.29, 1.82) is 0 Å². The predicted octanol–water partition coefficient (Wildman–Crippen LogP) is 1.97. The Morgan fingerprint density at radius 1 is 1.72 bits per heavy atom. The first kappa shape index (κ1) is 13.3. The molecule has 1 heterocycles. The highest BCUT2D eigenvalue weighted by molar-refractivity contribution is 5.55.